The fourth-order valence-corrected chi connectivity index (χ4v) is 2.34. The Bertz CT molecular complexity index is 710. The van der Waals surface area contributed by atoms with Crippen molar-refractivity contribution in [3.05, 3.63) is 30.0 Å². The molecule has 0 aliphatic heterocycles. The first-order valence-electron chi connectivity index (χ1n) is 6.83. The number of carbonyl (C=O) groups is 1. The van der Waals surface area contributed by atoms with Gasteiger partial charge in [0.2, 0.25) is 0 Å². The highest BCUT2D eigenvalue weighted by atomic mass is 19.4. The number of benzene rings is 1. The summed E-state index contributed by atoms with van der Waals surface area (Å²) in [4.78, 5) is 14.2. The standard InChI is InChI=1S/C15H16F3NO4/c1-3-23-13(20)7-14(21,15(16,17)18)11-8-19-12-5-4-9(22-2)6-10(11)12/h4-6,8,19,21H,3,7H2,1-2H3. The van der Waals surface area contributed by atoms with Crippen LogP contribution in [0, 0.1) is 0 Å². The second kappa shape index (κ2) is 6.11. The van der Waals surface area contributed by atoms with E-state index in [0.717, 1.165) is 6.20 Å². The van der Waals surface area contributed by atoms with Crippen LogP contribution in [-0.4, -0.2) is 36.0 Å². The van der Waals surface area contributed by atoms with Crippen molar-refractivity contribution >= 4 is 16.9 Å². The van der Waals surface area contributed by atoms with E-state index in [1.807, 2.05) is 0 Å². The molecule has 5 nitrogen and oxygen atoms in total. The van der Waals surface area contributed by atoms with Crippen LogP contribution in [0.15, 0.2) is 24.4 Å². The molecular weight excluding hydrogens is 315 g/mol. The van der Waals surface area contributed by atoms with Gasteiger partial charge in [-0.2, -0.15) is 13.2 Å². The number of rotatable bonds is 5. The van der Waals surface area contributed by atoms with Gasteiger partial charge in [0, 0.05) is 22.7 Å². The smallest absolute Gasteiger partial charge is 0.422 e. The molecule has 0 aliphatic rings. The fourth-order valence-electron chi connectivity index (χ4n) is 2.34. The number of aromatic nitrogens is 1. The molecule has 1 heterocycles. The second-order valence-electron chi connectivity index (χ2n) is 4.95. The monoisotopic (exact) mass is 331 g/mol. The van der Waals surface area contributed by atoms with E-state index in [9.17, 15) is 23.1 Å². The van der Waals surface area contributed by atoms with Crippen molar-refractivity contribution in [2.75, 3.05) is 13.7 Å². The van der Waals surface area contributed by atoms with E-state index in [1.165, 1.54) is 26.2 Å². The first kappa shape index (κ1) is 17.1. The van der Waals surface area contributed by atoms with Crippen molar-refractivity contribution in [2.24, 2.45) is 0 Å². The lowest BCUT2D eigenvalue weighted by Crippen LogP contribution is -2.44. The van der Waals surface area contributed by atoms with Gasteiger partial charge in [-0.05, 0) is 25.1 Å². The van der Waals surface area contributed by atoms with Crippen LogP contribution in [0.5, 0.6) is 5.75 Å². The molecular formula is C15H16F3NO4. The summed E-state index contributed by atoms with van der Waals surface area (Å²) in [6, 6.07) is 4.46. The average Bonchev–Trinajstić information content (AvgIpc) is 2.89. The van der Waals surface area contributed by atoms with Crippen molar-refractivity contribution in [3.63, 3.8) is 0 Å². The number of carbonyl (C=O) groups excluding carboxylic acids is 1. The highest BCUT2D eigenvalue weighted by molar-refractivity contribution is 5.86. The van der Waals surface area contributed by atoms with Crippen LogP contribution in [0.2, 0.25) is 0 Å². The molecule has 1 aromatic carbocycles. The van der Waals surface area contributed by atoms with Crippen LogP contribution in [0.4, 0.5) is 13.2 Å². The molecule has 0 fully saturated rings. The van der Waals surface area contributed by atoms with Crippen molar-refractivity contribution in [3.8, 4) is 5.75 Å². The van der Waals surface area contributed by atoms with Gasteiger partial charge >= 0.3 is 12.1 Å². The van der Waals surface area contributed by atoms with Crippen LogP contribution in [0.1, 0.15) is 18.9 Å². The number of methoxy groups -OCH3 is 1. The summed E-state index contributed by atoms with van der Waals surface area (Å²) in [5, 5.41) is 10.4. The number of hydrogen-bond acceptors (Lipinski definition) is 4. The first-order chi connectivity index (χ1) is 10.7. The maximum atomic E-state index is 13.5. The van der Waals surface area contributed by atoms with Crippen molar-refractivity contribution in [2.45, 2.75) is 25.1 Å². The topological polar surface area (TPSA) is 71.5 Å². The summed E-state index contributed by atoms with van der Waals surface area (Å²) in [5.41, 5.74) is -3.43. The number of hydrogen-bond donors (Lipinski definition) is 2. The van der Waals surface area contributed by atoms with Crippen LogP contribution < -0.4 is 4.74 Å². The lowest BCUT2D eigenvalue weighted by atomic mass is 9.89. The van der Waals surface area contributed by atoms with Gasteiger partial charge in [-0.3, -0.25) is 4.79 Å². The summed E-state index contributed by atoms with van der Waals surface area (Å²) in [7, 11) is 1.38. The summed E-state index contributed by atoms with van der Waals surface area (Å²) < 4.78 is 50.0. The molecule has 23 heavy (non-hydrogen) atoms. The van der Waals surface area contributed by atoms with Crippen LogP contribution >= 0.6 is 0 Å². The van der Waals surface area contributed by atoms with E-state index in [0.29, 0.717) is 11.3 Å². The molecule has 0 saturated heterocycles. The molecule has 2 N–H and O–H groups in total. The molecule has 0 bridgehead atoms. The molecule has 1 aromatic heterocycles. The Hall–Kier alpha value is -2.22. The van der Waals surface area contributed by atoms with Gasteiger partial charge in [0.1, 0.15) is 5.75 Å². The number of fused-ring (bicyclic) bond motifs is 1. The van der Waals surface area contributed by atoms with E-state index < -0.39 is 29.7 Å². The van der Waals surface area contributed by atoms with Gasteiger partial charge in [0.15, 0.2) is 5.60 Å². The summed E-state index contributed by atoms with van der Waals surface area (Å²) in [6.45, 7) is 1.40. The SMILES string of the molecule is CCOC(=O)CC(O)(c1c[nH]c2ccc(OC)cc12)C(F)(F)F. The Labute approximate surface area is 130 Å². The summed E-state index contributed by atoms with van der Waals surface area (Å²) >= 11 is 0. The number of H-pyrrole nitrogens is 1. The number of halogens is 3. The summed E-state index contributed by atoms with van der Waals surface area (Å²) in [5.74, 6) is -0.802. The van der Waals surface area contributed by atoms with E-state index in [4.69, 9.17) is 4.74 Å². The van der Waals surface area contributed by atoms with Gasteiger partial charge in [0.25, 0.3) is 0 Å². The predicted octanol–water partition coefficient (Wildman–Crippen LogP) is 2.88. The molecule has 2 aromatic rings. The fraction of sp³-hybridized carbons (Fsp3) is 0.400. The lowest BCUT2D eigenvalue weighted by molar-refractivity contribution is -0.269. The van der Waals surface area contributed by atoms with Crippen LogP contribution in [0.25, 0.3) is 10.9 Å². The molecule has 0 aliphatic carbocycles. The molecule has 0 saturated carbocycles. The lowest BCUT2D eigenvalue weighted by Gasteiger charge is -2.29. The Morgan fingerprint density at radius 2 is 2.04 bits per heavy atom. The minimum Gasteiger partial charge on any atom is -0.497 e. The van der Waals surface area contributed by atoms with Gasteiger partial charge in [-0.15, -0.1) is 0 Å². The Balaban J connectivity index is 2.58. The third kappa shape index (κ3) is 3.12. The van der Waals surface area contributed by atoms with E-state index >= 15 is 0 Å². The zero-order valence-electron chi connectivity index (χ0n) is 12.5. The van der Waals surface area contributed by atoms with Gasteiger partial charge in [-0.25, -0.2) is 0 Å². The number of ether oxygens (including phenoxy) is 2. The normalized spacial score (nSPS) is 14.5. The van der Waals surface area contributed by atoms with Gasteiger partial charge < -0.3 is 19.6 Å². The molecule has 1 unspecified atom stereocenters. The Morgan fingerprint density at radius 1 is 1.35 bits per heavy atom. The third-order valence-corrected chi connectivity index (χ3v) is 3.51. The number of alkyl halides is 3. The Kier molecular flexibility index (Phi) is 4.56. The van der Waals surface area contributed by atoms with Crippen molar-refractivity contribution in [1.82, 2.24) is 4.98 Å². The van der Waals surface area contributed by atoms with Gasteiger partial charge in [0.05, 0.1) is 20.1 Å². The maximum Gasteiger partial charge on any atom is 0.422 e. The minimum atomic E-state index is -5.06. The molecule has 0 radical (unpaired) electrons. The molecule has 0 spiro atoms. The van der Waals surface area contributed by atoms with E-state index in [-0.39, 0.29) is 12.0 Å². The predicted molar refractivity (Wildman–Crippen MR) is 76.1 cm³/mol. The summed E-state index contributed by atoms with van der Waals surface area (Å²) in [6.07, 6.45) is -5.25. The third-order valence-electron chi connectivity index (χ3n) is 3.51. The molecule has 8 heteroatoms. The van der Waals surface area contributed by atoms with Crippen LogP contribution in [0.3, 0.4) is 0 Å². The van der Waals surface area contributed by atoms with Crippen LogP contribution in [-0.2, 0) is 15.1 Å². The second-order valence-corrected chi connectivity index (χ2v) is 4.95. The van der Waals surface area contributed by atoms with Crippen molar-refractivity contribution < 1.29 is 32.5 Å². The van der Waals surface area contributed by atoms with E-state index in [2.05, 4.69) is 9.72 Å². The minimum absolute atomic E-state index is 0.0749. The number of nitrogens with one attached hydrogen (secondary N) is 1. The average molecular weight is 331 g/mol. The molecule has 0 amide bonds. The zero-order valence-corrected chi connectivity index (χ0v) is 12.5. The quantitative estimate of drug-likeness (QED) is 0.827. The molecule has 126 valence electrons. The maximum absolute atomic E-state index is 13.5. The zero-order chi connectivity index (χ0) is 17.3. The number of aromatic amines is 1. The highest BCUT2D eigenvalue weighted by Gasteiger charge is 2.57. The largest absolute Gasteiger partial charge is 0.497 e. The highest BCUT2D eigenvalue weighted by Crippen LogP contribution is 2.44. The van der Waals surface area contributed by atoms with Crippen molar-refractivity contribution in [1.29, 1.82) is 0 Å². The molecule has 2 rings (SSSR count). The number of esters is 1. The first-order valence-corrected chi connectivity index (χ1v) is 6.83. The van der Waals surface area contributed by atoms with Gasteiger partial charge in [-0.1, -0.05) is 0 Å². The number of aliphatic hydroxyl groups is 1. The Morgan fingerprint density at radius 3 is 2.61 bits per heavy atom. The van der Waals surface area contributed by atoms with E-state index in [1.54, 1.807) is 6.07 Å². The molecule has 1 atom stereocenters.